The summed E-state index contributed by atoms with van der Waals surface area (Å²) < 4.78 is 25.2. The Hall–Kier alpha value is -5.43. The van der Waals surface area contributed by atoms with Gasteiger partial charge in [-0.25, -0.2) is 0 Å². The highest BCUT2D eigenvalue weighted by Crippen LogP contribution is 2.37. The molecule has 4 N–H and O–H groups in total. The minimum atomic E-state index is -0.697. The number of morpholine rings is 1. The average Bonchev–Trinajstić information content (AvgIpc) is 3.68. The normalized spacial score (nSPS) is 23.0. The van der Waals surface area contributed by atoms with Crippen LogP contribution in [0.25, 0.3) is 22.2 Å². The molecule has 302 valence electrons. The smallest absolute Gasteiger partial charge is 0.253 e. The summed E-state index contributed by atoms with van der Waals surface area (Å²) >= 11 is 0. The van der Waals surface area contributed by atoms with Gasteiger partial charge in [-0.3, -0.25) is 10.1 Å². The number of amides is 1. The minimum Gasteiger partial charge on any atom is -0.507 e. The summed E-state index contributed by atoms with van der Waals surface area (Å²) in [6.07, 6.45) is 9.86. The number of phenolic OH excluding ortho intramolecular Hbond substituents is 1. The topological polar surface area (TPSA) is 128 Å². The molecule has 5 aromatic rings. The number of hydrogen-bond donors (Lipinski definition) is 3. The van der Waals surface area contributed by atoms with Gasteiger partial charge in [-0.15, -0.1) is 10.2 Å². The van der Waals surface area contributed by atoms with Crippen LogP contribution in [0.1, 0.15) is 67.6 Å². The van der Waals surface area contributed by atoms with Gasteiger partial charge >= 0.3 is 0 Å². The van der Waals surface area contributed by atoms with Crippen LogP contribution in [-0.2, 0) is 4.74 Å². The van der Waals surface area contributed by atoms with Crippen molar-refractivity contribution in [2.45, 2.75) is 51.7 Å². The minimum absolute atomic E-state index is 0.0891. The molecule has 0 aliphatic carbocycles. The molecule has 6 heterocycles. The molecule has 1 amide bonds. The zero-order valence-electron chi connectivity index (χ0n) is 35.4. The molecule has 0 spiro atoms. The fourth-order valence-electron chi connectivity index (χ4n) is 9.36. The zero-order valence-corrected chi connectivity index (χ0v) is 33.4. The third-order valence-electron chi connectivity index (χ3n) is 12.5. The number of anilines is 3. The molecule has 3 fully saturated rings. The standard InChI is InChI=1S/C46H55N9O3/c1-31-24-40(54-16-5-15-48-30-54)38-14-21-55(41(38)25-31)35-12-17-51(18-13-35)28-33-10-19-52(20-11-33)46(57)34-8-9-36(32(2)26-34)44-29-53(22-23-58-44)42-27-39(49-50-45(42)47)37-6-3-4-7-43(37)56/h3-9,14,16,21,24-27,33,35,44,48,56H,10-13,15,17-20,22-23,28-30H2,1-2H3,(H2,47,50)/i15D,30D/t15?,30-,44?/m0/s1. The second-order valence-corrected chi connectivity index (χ2v) is 16.3. The van der Waals surface area contributed by atoms with E-state index in [1.54, 1.807) is 18.2 Å². The highest BCUT2D eigenvalue weighted by Gasteiger charge is 2.30. The van der Waals surface area contributed by atoms with Crippen LogP contribution in [0.4, 0.5) is 17.2 Å². The van der Waals surface area contributed by atoms with Crippen LogP contribution in [0.3, 0.4) is 0 Å². The molecule has 12 heteroatoms. The van der Waals surface area contributed by atoms with E-state index in [2.05, 4.69) is 61.2 Å². The van der Waals surface area contributed by atoms with Crippen molar-refractivity contribution in [3.8, 4) is 17.0 Å². The SMILES string of the molecule is [2H]C1C=CN(c2cc(C)cc3c2ccn3C2CCN(CC3CCN(C(=O)c4ccc(C5CN(c6cc(-c7ccccc7O)nnc6N)CCO5)c(C)c4)CC3)CC2)[C@@H]([2H])N1. The Bertz CT molecular complexity index is 2390. The van der Waals surface area contributed by atoms with Crippen LogP contribution in [0.5, 0.6) is 5.75 Å². The van der Waals surface area contributed by atoms with E-state index in [0.29, 0.717) is 54.3 Å². The van der Waals surface area contributed by atoms with Crippen molar-refractivity contribution in [2.24, 2.45) is 5.92 Å². The number of aromatic hydroxyl groups is 1. The molecule has 3 saturated heterocycles. The third-order valence-corrected chi connectivity index (χ3v) is 12.5. The Morgan fingerprint density at radius 3 is 2.59 bits per heavy atom. The summed E-state index contributed by atoms with van der Waals surface area (Å²) in [5, 5.41) is 23.0. The number of piperidine rings is 2. The molecule has 4 aliphatic heterocycles. The maximum absolute atomic E-state index is 13.8. The van der Waals surface area contributed by atoms with Gasteiger partial charge in [0.2, 0.25) is 0 Å². The van der Waals surface area contributed by atoms with Crippen molar-refractivity contribution in [2.75, 3.05) is 81.1 Å². The van der Waals surface area contributed by atoms with Crippen LogP contribution in [-0.4, -0.2) is 101 Å². The fraction of sp³-hybridized carbons (Fsp3) is 0.413. The van der Waals surface area contributed by atoms with Gasteiger partial charge in [0.25, 0.3) is 5.91 Å². The molecule has 4 aliphatic rings. The van der Waals surface area contributed by atoms with E-state index in [0.717, 1.165) is 91.9 Å². The van der Waals surface area contributed by atoms with Crippen molar-refractivity contribution in [3.05, 3.63) is 107 Å². The highest BCUT2D eigenvalue weighted by atomic mass is 16.5. The van der Waals surface area contributed by atoms with Gasteiger partial charge in [-0.1, -0.05) is 24.3 Å². The number of fused-ring (bicyclic) bond motifs is 1. The summed E-state index contributed by atoms with van der Waals surface area (Å²) in [7, 11) is 0. The first-order valence-electron chi connectivity index (χ1n) is 21.8. The van der Waals surface area contributed by atoms with Crippen molar-refractivity contribution in [1.82, 2.24) is 29.9 Å². The number of nitrogen functional groups attached to an aromatic ring is 1. The predicted octanol–water partition coefficient (Wildman–Crippen LogP) is 6.65. The molecule has 0 bridgehead atoms. The second kappa shape index (κ2) is 16.4. The van der Waals surface area contributed by atoms with Crippen molar-refractivity contribution in [3.63, 3.8) is 0 Å². The second-order valence-electron chi connectivity index (χ2n) is 16.3. The van der Waals surface area contributed by atoms with Crippen molar-refractivity contribution >= 4 is 34.0 Å². The number of rotatable bonds is 8. The maximum Gasteiger partial charge on any atom is 0.253 e. The van der Waals surface area contributed by atoms with E-state index in [4.69, 9.17) is 13.2 Å². The van der Waals surface area contributed by atoms with Gasteiger partial charge in [0, 0.05) is 88.7 Å². The Morgan fingerprint density at radius 2 is 1.79 bits per heavy atom. The number of hydrogen-bond acceptors (Lipinski definition) is 10. The van der Waals surface area contributed by atoms with Crippen LogP contribution in [0.15, 0.2) is 85.2 Å². The number of benzene rings is 3. The van der Waals surface area contributed by atoms with Crippen LogP contribution in [0.2, 0.25) is 0 Å². The van der Waals surface area contributed by atoms with E-state index in [-0.39, 0.29) is 17.8 Å². The number of para-hydroxylation sites is 1. The van der Waals surface area contributed by atoms with Gasteiger partial charge < -0.3 is 39.7 Å². The molecule has 58 heavy (non-hydrogen) atoms. The van der Waals surface area contributed by atoms with E-state index in [1.165, 1.54) is 5.52 Å². The number of likely N-dealkylation sites (tertiary alicyclic amines) is 2. The van der Waals surface area contributed by atoms with Gasteiger partial charge in [0.1, 0.15) is 11.9 Å². The molecule has 2 unspecified atom stereocenters. The van der Waals surface area contributed by atoms with Crippen molar-refractivity contribution < 1.29 is 17.4 Å². The summed E-state index contributed by atoms with van der Waals surface area (Å²) in [6, 6.07) is 21.9. The lowest BCUT2D eigenvalue weighted by molar-refractivity contribution is 0.0394. The highest BCUT2D eigenvalue weighted by molar-refractivity contribution is 5.95. The quantitative estimate of drug-likeness (QED) is 0.158. The van der Waals surface area contributed by atoms with Crippen LogP contribution in [0, 0.1) is 19.8 Å². The van der Waals surface area contributed by atoms with Crippen molar-refractivity contribution in [1.29, 1.82) is 0 Å². The zero-order chi connectivity index (χ0) is 41.5. The number of phenols is 1. The van der Waals surface area contributed by atoms with Gasteiger partial charge in [-0.05, 0) is 111 Å². The predicted molar refractivity (Wildman–Crippen MR) is 230 cm³/mol. The number of carbonyl (C=O) groups excluding carboxylic acids is 1. The summed E-state index contributed by atoms with van der Waals surface area (Å²) in [5.41, 5.74) is 14.4. The molecule has 0 radical (unpaired) electrons. The molecule has 12 nitrogen and oxygen atoms in total. The third kappa shape index (κ3) is 7.76. The Balaban J connectivity index is 0.776. The number of ether oxygens (including phenoxy) is 1. The number of aryl methyl sites for hydroxylation is 2. The number of nitrogens with two attached hydrogens (primary N) is 1. The Kier molecular flexibility index (Phi) is 10.1. The molecule has 2 aromatic heterocycles. The molecule has 0 saturated carbocycles. The fourth-order valence-corrected chi connectivity index (χ4v) is 9.36. The molecular weight excluding hydrogens is 727 g/mol. The van der Waals surface area contributed by atoms with E-state index >= 15 is 0 Å². The summed E-state index contributed by atoms with van der Waals surface area (Å²) in [6.45, 7) is 9.35. The molecule has 9 rings (SSSR count). The van der Waals surface area contributed by atoms with E-state index in [1.807, 2.05) is 59.3 Å². The lowest BCUT2D eigenvalue weighted by Gasteiger charge is -2.38. The lowest BCUT2D eigenvalue weighted by Crippen LogP contribution is -2.43. The molecular formula is C46H55N9O3. The summed E-state index contributed by atoms with van der Waals surface area (Å²) in [5.74, 6) is 1.12. The number of nitrogens with zero attached hydrogens (tertiary/aromatic N) is 7. The first-order chi connectivity index (χ1) is 29.1. The largest absolute Gasteiger partial charge is 0.507 e. The number of aromatic nitrogens is 3. The molecule has 3 aromatic carbocycles. The van der Waals surface area contributed by atoms with Crippen LogP contribution < -0.4 is 20.9 Å². The van der Waals surface area contributed by atoms with E-state index in [9.17, 15) is 9.90 Å². The lowest BCUT2D eigenvalue weighted by atomic mass is 9.93. The van der Waals surface area contributed by atoms with Gasteiger partial charge in [0.05, 0.1) is 37.2 Å². The average molecular weight is 784 g/mol. The van der Waals surface area contributed by atoms with E-state index < -0.39 is 13.2 Å². The monoisotopic (exact) mass is 783 g/mol. The Labute approximate surface area is 343 Å². The number of nitrogens with one attached hydrogen (secondary N) is 1. The van der Waals surface area contributed by atoms with Gasteiger partial charge in [0.15, 0.2) is 5.82 Å². The first kappa shape index (κ1) is 35.7. The van der Waals surface area contributed by atoms with Gasteiger partial charge in [-0.2, -0.15) is 0 Å². The summed E-state index contributed by atoms with van der Waals surface area (Å²) in [4.78, 5) is 22.5. The first-order valence-corrected chi connectivity index (χ1v) is 20.7. The number of carbonyl (C=O) groups is 1. The van der Waals surface area contributed by atoms with Crippen LogP contribution >= 0.6 is 0 Å². The maximum atomic E-state index is 13.8. The molecule has 3 atom stereocenters. The Morgan fingerprint density at radius 1 is 0.966 bits per heavy atom.